The first-order valence-corrected chi connectivity index (χ1v) is 6.98. The van der Waals surface area contributed by atoms with Gasteiger partial charge in [-0.1, -0.05) is 50.6 Å². The molecule has 2 aromatic rings. The van der Waals surface area contributed by atoms with Crippen molar-refractivity contribution in [3.05, 3.63) is 114 Å². The Kier molecular flexibility index (Phi) is 169. The van der Waals surface area contributed by atoms with Gasteiger partial charge in [-0.3, -0.25) is 0 Å². The molecule has 207 valence electrons. The van der Waals surface area contributed by atoms with E-state index in [1.54, 1.807) is 0 Å². The van der Waals surface area contributed by atoms with E-state index in [0.717, 1.165) is 16.7 Å². The van der Waals surface area contributed by atoms with Crippen molar-refractivity contribution in [2.24, 2.45) is 0 Å². The molecule has 35 heavy (non-hydrogen) atoms. The van der Waals surface area contributed by atoms with Crippen LogP contribution < -0.4 is 0 Å². The number of rotatable bonds is 0. The standard InChI is InChI=1S/C8H8.C7H7.2CH5BO2.6CH4.3CH3.3V/c1-7-4-3-5-8(2)6-7;1-7-5-3-2-4-6-7;2*1-2(3)4;;;;;;;;;;;;/h3-6H,1-2H2;2-6H,1H2;2*3-4H,1H3;6*1H4;3*1H3;;;/q-2;-1;;;;;;;;;3*-1;3*+2. The Morgan fingerprint density at radius 1 is 0.486 bits per heavy atom. The number of hydrogen-bond acceptors (Lipinski definition) is 4. The molecule has 0 unspecified atom stereocenters. The minimum atomic E-state index is -1.17. The maximum absolute atomic E-state index is 7.61. The van der Waals surface area contributed by atoms with Crippen LogP contribution in [0, 0.1) is 43.1 Å². The monoisotopic (exact) mass is 609 g/mol. The molecule has 0 saturated heterocycles. The first-order valence-electron chi connectivity index (χ1n) is 6.98. The average Bonchev–Trinajstić information content (AvgIpc) is 2.38. The zero-order valence-electron chi connectivity index (χ0n) is 18.1. The molecular formula is C26H58B2O4V3. The van der Waals surface area contributed by atoms with E-state index in [2.05, 4.69) is 20.8 Å². The largest absolute Gasteiger partial charge is 2.00 e. The van der Waals surface area contributed by atoms with Crippen molar-refractivity contribution in [2.75, 3.05) is 0 Å². The Labute approximate surface area is 261 Å². The van der Waals surface area contributed by atoms with E-state index in [9.17, 15) is 0 Å². The third-order valence-electron chi connectivity index (χ3n) is 1.83. The fourth-order valence-electron chi connectivity index (χ4n) is 1.11. The second kappa shape index (κ2) is 64.2. The summed E-state index contributed by atoms with van der Waals surface area (Å²) in [5, 5.41) is 30.4. The van der Waals surface area contributed by atoms with Gasteiger partial charge in [-0.05, 0) is 13.6 Å². The molecule has 0 aromatic heterocycles. The van der Waals surface area contributed by atoms with E-state index < -0.39 is 14.2 Å². The van der Waals surface area contributed by atoms with Crippen molar-refractivity contribution in [1.82, 2.24) is 0 Å². The predicted octanol–water partition coefficient (Wildman–Crippen LogP) is 7.26. The summed E-state index contributed by atoms with van der Waals surface area (Å²) in [7, 11) is -2.33. The Morgan fingerprint density at radius 2 is 0.686 bits per heavy atom. The van der Waals surface area contributed by atoms with Gasteiger partial charge >= 0.3 is 69.9 Å². The van der Waals surface area contributed by atoms with Crippen molar-refractivity contribution in [3.63, 3.8) is 0 Å². The van der Waals surface area contributed by atoms with Gasteiger partial charge in [-0.15, -0.1) is 12.1 Å². The fourth-order valence-corrected chi connectivity index (χ4v) is 1.11. The van der Waals surface area contributed by atoms with Crippen molar-refractivity contribution in [3.8, 4) is 0 Å². The summed E-state index contributed by atoms with van der Waals surface area (Å²) < 4.78 is 0. The summed E-state index contributed by atoms with van der Waals surface area (Å²) in [6.07, 6.45) is 0. The topological polar surface area (TPSA) is 80.9 Å². The van der Waals surface area contributed by atoms with Crippen molar-refractivity contribution in [1.29, 1.82) is 0 Å². The second-order valence-electron chi connectivity index (χ2n) is 4.57. The molecule has 0 amide bonds. The third-order valence-corrected chi connectivity index (χ3v) is 1.83. The van der Waals surface area contributed by atoms with Crippen LogP contribution in [-0.4, -0.2) is 34.3 Å². The normalized spacial score (nSPS) is 5.31. The molecule has 0 atom stereocenters. The summed E-state index contributed by atoms with van der Waals surface area (Å²) in [6, 6.07) is 17.7. The molecule has 0 bridgehead atoms. The van der Waals surface area contributed by atoms with Crippen LogP contribution in [-0.2, 0) is 55.7 Å². The van der Waals surface area contributed by atoms with Crippen LogP contribution >= 0.6 is 0 Å². The van der Waals surface area contributed by atoms with E-state index in [4.69, 9.17) is 20.1 Å². The summed E-state index contributed by atoms with van der Waals surface area (Å²) in [4.78, 5) is 0. The minimum Gasteiger partial charge on any atom is -0.427 e. The quantitative estimate of drug-likeness (QED) is 0.187. The first kappa shape index (κ1) is 91.9. The molecule has 2 aromatic carbocycles. The molecule has 0 spiro atoms. The smallest absolute Gasteiger partial charge is 0.427 e. The van der Waals surface area contributed by atoms with Crippen LogP contribution in [0.4, 0.5) is 0 Å². The van der Waals surface area contributed by atoms with E-state index in [-0.39, 0.29) is 123 Å². The molecule has 4 N–H and O–H groups in total. The van der Waals surface area contributed by atoms with Crippen molar-refractivity contribution >= 4 is 14.2 Å². The molecule has 2 rings (SSSR count). The Balaban J connectivity index is -0.0000000129. The molecule has 0 saturated carbocycles. The van der Waals surface area contributed by atoms with Crippen molar-refractivity contribution in [2.45, 2.75) is 58.2 Å². The molecular weight excluding hydrogens is 551 g/mol. The summed E-state index contributed by atoms with van der Waals surface area (Å²) in [5.74, 6) is 0. The van der Waals surface area contributed by atoms with Crippen LogP contribution in [0.3, 0.4) is 0 Å². The van der Waals surface area contributed by atoms with Crippen LogP contribution in [0.5, 0.6) is 0 Å². The van der Waals surface area contributed by atoms with Crippen LogP contribution in [0.1, 0.15) is 61.3 Å². The third kappa shape index (κ3) is 108. The molecule has 0 heterocycles. The summed E-state index contributed by atoms with van der Waals surface area (Å²) in [6.45, 7) is 13.8. The molecule has 0 aliphatic rings. The van der Waals surface area contributed by atoms with Gasteiger partial charge in [0.2, 0.25) is 0 Å². The molecule has 0 aliphatic carbocycles. The van der Waals surface area contributed by atoms with Crippen LogP contribution in [0.2, 0.25) is 13.6 Å². The van der Waals surface area contributed by atoms with Crippen molar-refractivity contribution < 1.29 is 75.8 Å². The van der Waals surface area contributed by atoms with Gasteiger partial charge in [0, 0.05) is 0 Å². The second-order valence-corrected chi connectivity index (χ2v) is 4.57. The Morgan fingerprint density at radius 3 is 0.800 bits per heavy atom. The van der Waals surface area contributed by atoms with E-state index >= 15 is 0 Å². The van der Waals surface area contributed by atoms with Gasteiger partial charge in [-0.25, -0.2) is 0 Å². The van der Waals surface area contributed by atoms with E-state index in [0.29, 0.717) is 0 Å². The first-order chi connectivity index (χ1) is 10.6. The van der Waals surface area contributed by atoms with Crippen LogP contribution in [0.15, 0.2) is 54.6 Å². The van der Waals surface area contributed by atoms with Gasteiger partial charge in [-0.2, -0.15) is 73.9 Å². The number of hydrogen-bond donors (Lipinski definition) is 4. The molecule has 0 fully saturated rings. The zero-order chi connectivity index (χ0) is 18.3. The summed E-state index contributed by atoms with van der Waals surface area (Å²) in [5.41, 5.74) is 3.12. The maximum Gasteiger partial charge on any atom is 2.00 e. The SMILES string of the molecule is C.C.C.C.C.C.CB(O)O.CB(O)O.[CH2-]c1cccc([CH2-])c1.[CH2-]c1ccccc1.[CH3-].[CH3-].[CH3-].[V+2].[V+2].[V+2]. The molecule has 9 heteroatoms. The van der Waals surface area contributed by atoms with Gasteiger partial charge in [0.1, 0.15) is 0 Å². The predicted molar refractivity (Wildman–Crippen MR) is 158 cm³/mol. The minimum absolute atomic E-state index is 0. The average molecular weight is 609 g/mol. The zero-order valence-corrected chi connectivity index (χ0v) is 22.3. The fraction of sp³-hybridized carbons (Fsp3) is 0.308. The van der Waals surface area contributed by atoms with Gasteiger partial charge in [0.25, 0.3) is 0 Å². The molecule has 3 radical (unpaired) electrons. The summed E-state index contributed by atoms with van der Waals surface area (Å²) >= 11 is 0. The maximum atomic E-state index is 7.61. The van der Waals surface area contributed by atoms with Crippen LogP contribution in [0.25, 0.3) is 0 Å². The molecule has 4 nitrogen and oxygen atoms in total. The van der Waals surface area contributed by atoms with Gasteiger partial charge < -0.3 is 42.4 Å². The Hall–Kier alpha value is -0.227. The van der Waals surface area contributed by atoms with E-state index in [1.165, 1.54) is 13.6 Å². The molecule has 0 aliphatic heterocycles. The van der Waals surface area contributed by atoms with Gasteiger partial charge in [0.15, 0.2) is 0 Å². The van der Waals surface area contributed by atoms with E-state index in [1.807, 2.05) is 54.6 Å². The Bertz CT molecular complexity index is 480. The van der Waals surface area contributed by atoms with Gasteiger partial charge in [0.05, 0.1) is 0 Å². The number of benzene rings is 2.